The Kier molecular flexibility index (Phi) is 4.06. The summed E-state index contributed by atoms with van der Waals surface area (Å²) in [6.45, 7) is 2.88. The fraction of sp³-hybridized carbons (Fsp3) is 0.267. The Morgan fingerprint density at radius 2 is 2.20 bits per heavy atom. The summed E-state index contributed by atoms with van der Waals surface area (Å²) in [6.07, 6.45) is 0. The third-order valence-electron chi connectivity index (χ3n) is 3.23. The van der Waals surface area contributed by atoms with E-state index in [1.165, 1.54) is 9.75 Å². The number of hydrogen-bond acceptors (Lipinski definition) is 3. The van der Waals surface area contributed by atoms with E-state index in [4.69, 9.17) is 11.6 Å². The number of benzene rings is 1. The normalized spacial score (nSPS) is 18.5. The van der Waals surface area contributed by atoms with Gasteiger partial charge in [0.2, 0.25) is 0 Å². The van der Waals surface area contributed by atoms with E-state index in [0.717, 1.165) is 12.3 Å². The molecule has 0 spiro atoms. The van der Waals surface area contributed by atoms with Gasteiger partial charge in [-0.3, -0.25) is 4.79 Å². The van der Waals surface area contributed by atoms with Crippen molar-refractivity contribution in [3.8, 4) is 0 Å². The highest BCUT2D eigenvalue weighted by Gasteiger charge is 2.32. The number of halogens is 1. The molecule has 5 heteroatoms. The summed E-state index contributed by atoms with van der Waals surface area (Å²) in [6, 6.07) is 11.4. The molecule has 1 aromatic heterocycles. The Balaban J connectivity index is 1.87. The molecule has 0 N–H and O–H groups in total. The Hall–Kier alpha value is -0.970. The lowest BCUT2D eigenvalue weighted by molar-refractivity contribution is 0.0762. The summed E-state index contributed by atoms with van der Waals surface area (Å²) >= 11 is 9.57. The molecule has 0 bridgehead atoms. The summed E-state index contributed by atoms with van der Waals surface area (Å²) in [7, 11) is 0. The highest BCUT2D eigenvalue weighted by Crippen LogP contribution is 2.41. The molecule has 0 radical (unpaired) electrons. The highest BCUT2D eigenvalue weighted by atomic mass is 35.5. The number of aryl methyl sites for hydroxylation is 1. The predicted octanol–water partition coefficient (Wildman–Crippen LogP) is 4.60. The van der Waals surface area contributed by atoms with Crippen LogP contribution in [0.25, 0.3) is 0 Å². The molecular formula is C15H14ClNOS2. The average Bonchev–Trinajstić information content (AvgIpc) is 3.06. The molecule has 1 atom stereocenters. The fourth-order valence-electron chi connectivity index (χ4n) is 2.29. The molecule has 1 saturated heterocycles. The second-order valence-electron chi connectivity index (χ2n) is 4.68. The number of carbonyl (C=O) groups excluding carboxylic acids is 1. The topological polar surface area (TPSA) is 20.3 Å². The van der Waals surface area contributed by atoms with Gasteiger partial charge in [-0.1, -0.05) is 17.7 Å². The molecular weight excluding hydrogens is 310 g/mol. The van der Waals surface area contributed by atoms with Crippen LogP contribution in [0, 0.1) is 6.92 Å². The Bertz CT molecular complexity index is 640. The number of rotatable bonds is 2. The zero-order valence-electron chi connectivity index (χ0n) is 11.0. The molecule has 3 rings (SSSR count). The van der Waals surface area contributed by atoms with Gasteiger partial charge in [0.05, 0.1) is 0 Å². The minimum absolute atomic E-state index is 0.0635. The first-order chi connectivity index (χ1) is 9.65. The third-order valence-corrected chi connectivity index (χ3v) is 5.91. The lowest BCUT2D eigenvalue weighted by Gasteiger charge is -2.23. The molecule has 1 unspecified atom stereocenters. The maximum Gasteiger partial charge on any atom is 0.255 e. The highest BCUT2D eigenvalue weighted by molar-refractivity contribution is 7.99. The number of thiophene rings is 1. The van der Waals surface area contributed by atoms with Crippen LogP contribution in [0.3, 0.4) is 0 Å². The van der Waals surface area contributed by atoms with E-state index in [1.807, 2.05) is 28.8 Å². The van der Waals surface area contributed by atoms with Crippen LogP contribution in [-0.2, 0) is 0 Å². The van der Waals surface area contributed by atoms with Gasteiger partial charge in [0.15, 0.2) is 0 Å². The zero-order chi connectivity index (χ0) is 14.1. The lowest BCUT2D eigenvalue weighted by atomic mass is 10.2. The molecule has 1 amide bonds. The van der Waals surface area contributed by atoms with Gasteiger partial charge in [-0.15, -0.1) is 23.1 Å². The zero-order valence-corrected chi connectivity index (χ0v) is 13.4. The number of carbonyl (C=O) groups is 1. The summed E-state index contributed by atoms with van der Waals surface area (Å²) in [5, 5.41) is 0.742. The van der Waals surface area contributed by atoms with Crippen LogP contribution in [0.2, 0.25) is 5.02 Å². The van der Waals surface area contributed by atoms with E-state index >= 15 is 0 Å². The Morgan fingerprint density at radius 3 is 2.90 bits per heavy atom. The van der Waals surface area contributed by atoms with E-state index < -0.39 is 0 Å². The Labute approximate surface area is 131 Å². The monoisotopic (exact) mass is 323 g/mol. The molecule has 0 saturated carbocycles. The second kappa shape index (κ2) is 5.80. The summed E-state index contributed by atoms with van der Waals surface area (Å²) in [5.74, 6) is 1.04. The molecule has 2 nitrogen and oxygen atoms in total. The minimum atomic E-state index is 0.0635. The first kappa shape index (κ1) is 14.0. The second-order valence-corrected chi connectivity index (χ2v) is 7.62. The van der Waals surface area contributed by atoms with Gasteiger partial charge in [0, 0.05) is 32.6 Å². The summed E-state index contributed by atoms with van der Waals surface area (Å²) < 4.78 is 0. The standard InChI is InChI=1S/C15H14ClNOS2/c1-10-5-6-13(20-10)15-17(7-8-19-15)14(18)11-3-2-4-12(16)9-11/h2-6,9,15H,7-8H2,1H3. The van der Waals surface area contributed by atoms with Crippen molar-refractivity contribution in [1.29, 1.82) is 0 Å². The van der Waals surface area contributed by atoms with Crippen molar-refractivity contribution in [2.24, 2.45) is 0 Å². The first-order valence-corrected chi connectivity index (χ1v) is 8.64. The van der Waals surface area contributed by atoms with E-state index in [1.54, 1.807) is 23.5 Å². The molecule has 104 valence electrons. The van der Waals surface area contributed by atoms with E-state index in [2.05, 4.69) is 19.1 Å². The van der Waals surface area contributed by atoms with Gasteiger partial charge < -0.3 is 4.90 Å². The largest absolute Gasteiger partial charge is 0.321 e. The van der Waals surface area contributed by atoms with Gasteiger partial charge in [-0.2, -0.15) is 0 Å². The third kappa shape index (κ3) is 2.73. The molecule has 1 aromatic carbocycles. The van der Waals surface area contributed by atoms with Crippen LogP contribution < -0.4 is 0 Å². The molecule has 2 aromatic rings. The number of thioether (sulfide) groups is 1. The van der Waals surface area contributed by atoms with E-state index in [-0.39, 0.29) is 11.3 Å². The van der Waals surface area contributed by atoms with Crippen LogP contribution in [0.4, 0.5) is 0 Å². The van der Waals surface area contributed by atoms with Crippen LogP contribution in [0.5, 0.6) is 0 Å². The van der Waals surface area contributed by atoms with E-state index in [0.29, 0.717) is 10.6 Å². The smallest absolute Gasteiger partial charge is 0.255 e. The van der Waals surface area contributed by atoms with Crippen molar-refractivity contribution >= 4 is 40.6 Å². The van der Waals surface area contributed by atoms with Crippen molar-refractivity contribution in [3.05, 3.63) is 56.7 Å². The first-order valence-electron chi connectivity index (χ1n) is 6.39. The molecule has 1 aliphatic heterocycles. The SMILES string of the molecule is Cc1ccc(C2SCCN2C(=O)c2cccc(Cl)c2)s1. The number of amides is 1. The van der Waals surface area contributed by atoms with E-state index in [9.17, 15) is 4.79 Å². The van der Waals surface area contributed by atoms with Gasteiger partial charge in [0.1, 0.15) is 5.37 Å². The minimum Gasteiger partial charge on any atom is -0.321 e. The quantitative estimate of drug-likeness (QED) is 0.805. The van der Waals surface area contributed by atoms with Gasteiger partial charge in [-0.05, 0) is 37.3 Å². The molecule has 0 aliphatic carbocycles. The summed E-state index contributed by atoms with van der Waals surface area (Å²) in [5.41, 5.74) is 0.665. The van der Waals surface area contributed by atoms with Crippen molar-refractivity contribution in [1.82, 2.24) is 4.90 Å². The van der Waals surface area contributed by atoms with Gasteiger partial charge in [0.25, 0.3) is 5.91 Å². The number of hydrogen-bond donors (Lipinski definition) is 0. The van der Waals surface area contributed by atoms with Crippen LogP contribution in [0.1, 0.15) is 25.5 Å². The van der Waals surface area contributed by atoms with Crippen molar-refractivity contribution in [2.75, 3.05) is 12.3 Å². The maximum absolute atomic E-state index is 12.6. The fourth-order valence-corrected chi connectivity index (χ4v) is 4.85. The molecule has 1 aliphatic rings. The lowest BCUT2D eigenvalue weighted by Crippen LogP contribution is -2.30. The molecule has 20 heavy (non-hydrogen) atoms. The Morgan fingerprint density at radius 1 is 1.35 bits per heavy atom. The van der Waals surface area contributed by atoms with Crippen LogP contribution >= 0.6 is 34.7 Å². The summed E-state index contributed by atoms with van der Waals surface area (Å²) in [4.78, 5) is 17.1. The van der Waals surface area contributed by atoms with Crippen molar-refractivity contribution in [2.45, 2.75) is 12.3 Å². The number of nitrogens with zero attached hydrogens (tertiary/aromatic N) is 1. The predicted molar refractivity (Wildman–Crippen MR) is 86.7 cm³/mol. The van der Waals surface area contributed by atoms with Crippen molar-refractivity contribution in [3.63, 3.8) is 0 Å². The maximum atomic E-state index is 12.6. The van der Waals surface area contributed by atoms with Gasteiger partial charge >= 0.3 is 0 Å². The van der Waals surface area contributed by atoms with Crippen molar-refractivity contribution < 1.29 is 4.79 Å². The van der Waals surface area contributed by atoms with Crippen LogP contribution in [-0.4, -0.2) is 23.1 Å². The molecule has 2 heterocycles. The van der Waals surface area contributed by atoms with Gasteiger partial charge in [-0.25, -0.2) is 0 Å². The molecule has 1 fully saturated rings. The van der Waals surface area contributed by atoms with Crippen LogP contribution in [0.15, 0.2) is 36.4 Å². The average molecular weight is 324 g/mol.